The van der Waals surface area contributed by atoms with Crippen LogP contribution in [0.15, 0.2) is 42.5 Å². The van der Waals surface area contributed by atoms with Gasteiger partial charge in [-0.15, -0.1) is 0 Å². The molecule has 0 bridgehead atoms. The second kappa shape index (κ2) is 4.99. The van der Waals surface area contributed by atoms with Gasteiger partial charge >= 0.3 is 0 Å². The SMILES string of the molecule is Cc1ccc(C(N)CC2Cc3ccccc32)c(Cl)c1. The minimum atomic E-state index is 0.0199. The van der Waals surface area contributed by atoms with E-state index in [1.165, 1.54) is 16.7 Å². The molecule has 0 aromatic heterocycles. The van der Waals surface area contributed by atoms with E-state index < -0.39 is 0 Å². The molecule has 1 nitrogen and oxygen atoms in total. The predicted octanol–water partition coefficient (Wildman–Crippen LogP) is 4.38. The average molecular weight is 272 g/mol. The monoisotopic (exact) mass is 271 g/mol. The van der Waals surface area contributed by atoms with Crippen molar-refractivity contribution >= 4 is 11.6 Å². The second-order valence-electron chi connectivity index (χ2n) is 5.47. The fourth-order valence-corrected chi connectivity index (χ4v) is 3.31. The summed E-state index contributed by atoms with van der Waals surface area (Å²) in [7, 11) is 0. The normalized spacial score (nSPS) is 18.6. The number of fused-ring (bicyclic) bond motifs is 1. The fourth-order valence-electron chi connectivity index (χ4n) is 2.94. The van der Waals surface area contributed by atoms with Gasteiger partial charge in [-0.1, -0.05) is 48.0 Å². The van der Waals surface area contributed by atoms with Crippen LogP contribution in [-0.4, -0.2) is 0 Å². The molecule has 0 saturated carbocycles. The highest BCUT2D eigenvalue weighted by atomic mass is 35.5. The van der Waals surface area contributed by atoms with Crippen LogP contribution in [0.25, 0.3) is 0 Å². The lowest BCUT2D eigenvalue weighted by Gasteiger charge is -2.32. The molecular weight excluding hydrogens is 254 g/mol. The van der Waals surface area contributed by atoms with Crippen molar-refractivity contribution in [3.05, 3.63) is 69.7 Å². The van der Waals surface area contributed by atoms with Gasteiger partial charge in [0.1, 0.15) is 0 Å². The standard InChI is InChI=1S/C17H18ClN/c1-11-6-7-15(16(18)8-11)17(19)10-13-9-12-4-2-3-5-14(12)13/h2-8,13,17H,9-10,19H2,1H3. The quantitative estimate of drug-likeness (QED) is 0.881. The average Bonchev–Trinajstić information content (AvgIpc) is 2.35. The van der Waals surface area contributed by atoms with Gasteiger partial charge in [0.05, 0.1) is 0 Å². The lowest BCUT2D eigenvalue weighted by Crippen LogP contribution is -2.23. The Labute approximate surface area is 119 Å². The number of hydrogen-bond donors (Lipinski definition) is 1. The number of halogens is 1. The molecule has 0 heterocycles. The Morgan fingerprint density at radius 2 is 2.05 bits per heavy atom. The molecule has 2 aromatic carbocycles. The van der Waals surface area contributed by atoms with Crippen LogP contribution in [0.2, 0.25) is 5.02 Å². The fraction of sp³-hybridized carbons (Fsp3) is 0.294. The van der Waals surface area contributed by atoms with E-state index in [0.717, 1.165) is 23.4 Å². The minimum Gasteiger partial charge on any atom is -0.324 e. The maximum absolute atomic E-state index is 6.33. The molecule has 3 rings (SSSR count). The topological polar surface area (TPSA) is 26.0 Å². The van der Waals surface area contributed by atoms with Crippen molar-refractivity contribution in [2.45, 2.75) is 31.7 Å². The Kier molecular flexibility index (Phi) is 3.34. The summed E-state index contributed by atoms with van der Waals surface area (Å²) in [5.74, 6) is 0.587. The number of hydrogen-bond acceptors (Lipinski definition) is 1. The third kappa shape index (κ3) is 2.41. The molecule has 2 N–H and O–H groups in total. The first-order valence-corrected chi connectivity index (χ1v) is 7.12. The van der Waals surface area contributed by atoms with E-state index in [2.05, 4.69) is 36.4 Å². The van der Waals surface area contributed by atoms with Gasteiger partial charge in [0.15, 0.2) is 0 Å². The van der Waals surface area contributed by atoms with Crippen LogP contribution >= 0.6 is 11.6 Å². The zero-order valence-corrected chi connectivity index (χ0v) is 11.8. The first-order chi connectivity index (χ1) is 9.15. The highest BCUT2D eigenvalue weighted by Crippen LogP contribution is 2.40. The summed E-state index contributed by atoms with van der Waals surface area (Å²) in [4.78, 5) is 0. The van der Waals surface area contributed by atoms with Crippen molar-refractivity contribution < 1.29 is 0 Å². The Balaban J connectivity index is 1.75. The van der Waals surface area contributed by atoms with E-state index in [0.29, 0.717) is 5.92 Å². The van der Waals surface area contributed by atoms with E-state index >= 15 is 0 Å². The van der Waals surface area contributed by atoms with Gasteiger partial charge in [-0.05, 0) is 54.0 Å². The summed E-state index contributed by atoms with van der Waals surface area (Å²) < 4.78 is 0. The highest BCUT2D eigenvalue weighted by molar-refractivity contribution is 6.31. The first kappa shape index (κ1) is 12.7. The van der Waals surface area contributed by atoms with E-state index in [9.17, 15) is 0 Å². The molecule has 19 heavy (non-hydrogen) atoms. The van der Waals surface area contributed by atoms with Crippen LogP contribution in [-0.2, 0) is 6.42 Å². The summed E-state index contributed by atoms with van der Waals surface area (Å²) in [5, 5.41) is 0.792. The van der Waals surface area contributed by atoms with Crippen molar-refractivity contribution in [1.82, 2.24) is 0 Å². The molecule has 1 aliphatic carbocycles. The van der Waals surface area contributed by atoms with Crippen molar-refractivity contribution in [3.63, 3.8) is 0 Å². The van der Waals surface area contributed by atoms with Crippen LogP contribution in [0.1, 0.15) is 40.6 Å². The Morgan fingerprint density at radius 3 is 2.79 bits per heavy atom. The second-order valence-corrected chi connectivity index (χ2v) is 5.87. The van der Waals surface area contributed by atoms with Crippen molar-refractivity contribution in [2.75, 3.05) is 0 Å². The first-order valence-electron chi connectivity index (χ1n) is 6.74. The number of rotatable bonds is 3. The van der Waals surface area contributed by atoms with E-state index in [1.54, 1.807) is 0 Å². The van der Waals surface area contributed by atoms with Crippen LogP contribution in [0.4, 0.5) is 0 Å². The maximum Gasteiger partial charge on any atom is 0.0456 e. The van der Waals surface area contributed by atoms with Crippen molar-refractivity contribution in [3.8, 4) is 0 Å². The van der Waals surface area contributed by atoms with Crippen molar-refractivity contribution in [1.29, 1.82) is 0 Å². The maximum atomic E-state index is 6.33. The molecule has 2 unspecified atom stereocenters. The molecule has 0 fully saturated rings. The number of nitrogens with two attached hydrogens (primary N) is 1. The van der Waals surface area contributed by atoms with Crippen LogP contribution in [0.3, 0.4) is 0 Å². The molecule has 0 radical (unpaired) electrons. The van der Waals surface area contributed by atoms with Gasteiger partial charge < -0.3 is 5.73 Å². The van der Waals surface area contributed by atoms with Gasteiger partial charge in [-0.25, -0.2) is 0 Å². The summed E-state index contributed by atoms with van der Waals surface area (Å²) in [6.07, 6.45) is 2.12. The Hall–Kier alpha value is -1.31. The van der Waals surface area contributed by atoms with E-state index in [1.807, 2.05) is 13.0 Å². The third-order valence-corrected chi connectivity index (χ3v) is 4.38. The van der Waals surface area contributed by atoms with E-state index in [-0.39, 0.29) is 6.04 Å². The summed E-state index contributed by atoms with van der Waals surface area (Å²) in [6.45, 7) is 2.04. The van der Waals surface area contributed by atoms with Gasteiger partial charge in [0.2, 0.25) is 0 Å². The van der Waals surface area contributed by atoms with E-state index in [4.69, 9.17) is 17.3 Å². The Bertz CT molecular complexity index is 606. The molecule has 2 atom stereocenters. The number of aryl methyl sites for hydroxylation is 1. The molecule has 0 aliphatic heterocycles. The molecule has 0 amide bonds. The molecule has 0 spiro atoms. The summed E-state index contributed by atoms with van der Waals surface area (Å²) in [5.41, 5.74) is 11.5. The molecule has 2 aromatic rings. The molecule has 1 aliphatic rings. The van der Waals surface area contributed by atoms with Crippen LogP contribution in [0.5, 0.6) is 0 Å². The third-order valence-electron chi connectivity index (χ3n) is 4.06. The number of benzene rings is 2. The molecular formula is C17H18ClN. The zero-order valence-electron chi connectivity index (χ0n) is 11.1. The van der Waals surface area contributed by atoms with Crippen molar-refractivity contribution in [2.24, 2.45) is 5.73 Å². The van der Waals surface area contributed by atoms with Gasteiger partial charge in [-0.3, -0.25) is 0 Å². The predicted molar refractivity (Wildman–Crippen MR) is 80.6 cm³/mol. The van der Waals surface area contributed by atoms with Crippen LogP contribution < -0.4 is 5.73 Å². The largest absolute Gasteiger partial charge is 0.324 e. The smallest absolute Gasteiger partial charge is 0.0456 e. The summed E-state index contributed by atoms with van der Waals surface area (Å²) in [6, 6.07) is 14.8. The van der Waals surface area contributed by atoms with Gasteiger partial charge in [0.25, 0.3) is 0 Å². The highest BCUT2D eigenvalue weighted by Gasteiger charge is 2.27. The zero-order chi connectivity index (χ0) is 13.4. The lowest BCUT2D eigenvalue weighted by atomic mass is 9.74. The molecule has 2 heteroatoms. The molecule has 0 saturated heterocycles. The minimum absolute atomic E-state index is 0.0199. The van der Waals surface area contributed by atoms with Crippen LogP contribution in [0, 0.1) is 6.92 Å². The molecule has 98 valence electrons. The lowest BCUT2D eigenvalue weighted by molar-refractivity contribution is 0.498. The van der Waals surface area contributed by atoms with Gasteiger partial charge in [0, 0.05) is 11.1 Å². The summed E-state index contributed by atoms with van der Waals surface area (Å²) >= 11 is 6.29. The Morgan fingerprint density at radius 1 is 1.26 bits per heavy atom. The van der Waals surface area contributed by atoms with Gasteiger partial charge in [-0.2, -0.15) is 0 Å².